The fraction of sp³-hybridized carbons (Fsp3) is 0.933. The summed E-state index contributed by atoms with van der Waals surface area (Å²) in [6.07, 6.45) is 8.46. The van der Waals surface area contributed by atoms with Crippen LogP contribution in [0.1, 0.15) is 52.4 Å². The van der Waals surface area contributed by atoms with E-state index in [2.05, 4.69) is 31.9 Å². The highest BCUT2D eigenvalue weighted by Gasteiger charge is 2.54. The van der Waals surface area contributed by atoms with Gasteiger partial charge in [0, 0.05) is 5.54 Å². The van der Waals surface area contributed by atoms with Crippen molar-refractivity contribution in [1.29, 1.82) is 5.26 Å². The maximum atomic E-state index is 9.37. The van der Waals surface area contributed by atoms with E-state index in [1.165, 1.54) is 38.5 Å². The summed E-state index contributed by atoms with van der Waals surface area (Å²) < 4.78 is 0. The molecule has 0 aromatic carbocycles. The zero-order valence-electron chi connectivity index (χ0n) is 11.4. The van der Waals surface area contributed by atoms with E-state index in [-0.39, 0.29) is 5.54 Å². The minimum Gasteiger partial charge on any atom is -0.283 e. The maximum Gasteiger partial charge on any atom is 0.103 e. The topological polar surface area (TPSA) is 27.0 Å². The number of hydrogen-bond acceptors (Lipinski definition) is 2. The molecule has 0 saturated heterocycles. The van der Waals surface area contributed by atoms with Crippen molar-refractivity contribution in [3.63, 3.8) is 0 Å². The van der Waals surface area contributed by atoms with Crippen LogP contribution in [0.4, 0.5) is 0 Å². The molecule has 0 aliphatic heterocycles. The molecule has 0 radical (unpaired) electrons. The van der Waals surface area contributed by atoms with Gasteiger partial charge in [-0.25, -0.2) is 0 Å². The van der Waals surface area contributed by atoms with Gasteiger partial charge in [0.15, 0.2) is 0 Å². The first-order valence-electron chi connectivity index (χ1n) is 7.10. The fourth-order valence-corrected chi connectivity index (χ4v) is 5.14. The molecule has 4 aliphatic carbocycles. The molecule has 0 atom stereocenters. The average Bonchev–Trinajstić information content (AvgIpc) is 2.26. The van der Waals surface area contributed by atoms with Crippen LogP contribution >= 0.6 is 0 Å². The highest BCUT2D eigenvalue weighted by atomic mass is 15.2. The van der Waals surface area contributed by atoms with Crippen molar-refractivity contribution in [2.75, 3.05) is 7.05 Å². The third-order valence-electron chi connectivity index (χ3n) is 5.83. The second kappa shape index (κ2) is 3.48. The lowest BCUT2D eigenvalue weighted by molar-refractivity contribution is -0.101. The van der Waals surface area contributed by atoms with Gasteiger partial charge in [-0.05, 0) is 77.2 Å². The van der Waals surface area contributed by atoms with Gasteiger partial charge in [0.2, 0.25) is 0 Å². The first-order valence-corrected chi connectivity index (χ1v) is 7.10. The number of nitrogens with zero attached hydrogens (tertiary/aromatic N) is 2. The van der Waals surface area contributed by atoms with E-state index in [0.29, 0.717) is 5.54 Å². The molecule has 0 aromatic heterocycles. The van der Waals surface area contributed by atoms with E-state index in [1.54, 1.807) is 0 Å². The third-order valence-corrected chi connectivity index (χ3v) is 5.83. The summed E-state index contributed by atoms with van der Waals surface area (Å²) in [4.78, 5) is 2.42. The van der Waals surface area contributed by atoms with Crippen LogP contribution in [0, 0.1) is 29.1 Å². The number of rotatable bonds is 2. The Morgan fingerprint density at radius 1 is 1.06 bits per heavy atom. The van der Waals surface area contributed by atoms with Crippen molar-refractivity contribution < 1.29 is 0 Å². The number of hydrogen-bond donors (Lipinski definition) is 0. The smallest absolute Gasteiger partial charge is 0.103 e. The maximum absolute atomic E-state index is 9.37. The van der Waals surface area contributed by atoms with Crippen molar-refractivity contribution in [2.45, 2.75) is 63.5 Å². The van der Waals surface area contributed by atoms with Crippen LogP contribution in [-0.4, -0.2) is 23.0 Å². The molecule has 17 heavy (non-hydrogen) atoms. The molecule has 0 unspecified atom stereocenters. The minimum absolute atomic E-state index is 0.314. The van der Waals surface area contributed by atoms with Crippen LogP contribution in [-0.2, 0) is 0 Å². The van der Waals surface area contributed by atoms with E-state index in [9.17, 15) is 5.26 Å². The van der Waals surface area contributed by atoms with E-state index in [0.717, 1.165) is 17.8 Å². The van der Waals surface area contributed by atoms with Crippen LogP contribution in [0.2, 0.25) is 0 Å². The minimum atomic E-state index is -0.314. The Hall–Kier alpha value is -0.550. The number of nitriles is 1. The van der Waals surface area contributed by atoms with Gasteiger partial charge in [-0.15, -0.1) is 0 Å². The lowest BCUT2D eigenvalue weighted by Gasteiger charge is -2.61. The second-order valence-corrected chi connectivity index (χ2v) is 7.37. The predicted molar refractivity (Wildman–Crippen MR) is 68.4 cm³/mol. The quantitative estimate of drug-likeness (QED) is 0.731. The molecular weight excluding hydrogens is 208 g/mol. The molecule has 4 saturated carbocycles. The molecule has 94 valence electrons. The van der Waals surface area contributed by atoms with Gasteiger partial charge in [0.1, 0.15) is 5.54 Å². The van der Waals surface area contributed by atoms with Gasteiger partial charge in [-0.2, -0.15) is 5.26 Å². The monoisotopic (exact) mass is 232 g/mol. The van der Waals surface area contributed by atoms with E-state index >= 15 is 0 Å². The molecule has 0 spiro atoms. The summed E-state index contributed by atoms with van der Waals surface area (Å²) in [5, 5.41) is 9.37. The molecular formula is C15H24N2. The summed E-state index contributed by atoms with van der Waals surface area (Å²) in [6, 6.07) is 2.49. The van der Waals surface area contributed by atoms with Crippen LogP contribution in [0.25, 0.3) is 0 Å². The summed E-state index contributed by atoms with van der Waals surface area (Å²) in [5.74, 6) is 2.87. The van der Waals surface area contributed by atoms with Crippen LogP contribution < -0.4 is 0 Å². The zero-order chi connectivity index (χ0) is 12.3. The van der Waals surface area contributed by atoms with Crippen molar-refractivity contribution in [1.82, 2.24) is 4.90 Å². The second-order valence-electron chi connectivity index (χ2n) is 7.37. The Balaban J connectivity index is 1.90. The molecule has 2 nitrogen and oxygen atoms in total. The van der Waals surface area contributed by atoms with Crippen molar-refractivity contribution in [3.8, 4) is 6.07 Å². The lowest BCUT2D eigenvalue weighted by Crippen LogP contribution is -2.63. The van der Waals surface area contributed by atoms with Gasteiger partial charge in [0.25, 0.3) is 0 Å². The molecule has 4 rings (SSSR count). The Bertz CT molecular complexity index is 328. The zero-order valence-corrected chi connectivity index (χ0v) is 11.4. The normalized spacial score (nSPS) is 44.1. The average molecular weight is 232 g/mol. The van der Waals surface area contributed by atoms with Gasteiger partial charge in [0.05, 0.1) is 6.07 Å². The van der Waals surface area contributed by atoms with Crippen LogP contribution in [0.15, 0.2) is 0 Å². The molecule has 4 fully saturated rings. The molecule has 0 aromatic rings. The molecule has 2 heteroatoms. The summed E-state index contributed by atoms with van der Waals surface area (Å²) in [7, 11) is 2.19. The van der Waals surface area contributed by atoms with Crippen molar-refractivity contribution >= 4 is 0 Å². The largest absolute Gasteiger partial charge is 0.283 e. The van der Waals surface area contributed by atoms with Crippen molar-refractivity contribution in [2.24, 2.45) is 17.8 Å². The SMILES string of the molecule is CN(C(C)(C)C#N)C12CC3CC(CC(C3)C1)C2. The van der Waals surface area contributed by atoms with Gasteiger partial charge in [-0.1, -0.05) is 0 Å². The van der Waals surface area contributed by atoms with Gasteiger partial charge in [-0.3, -0.25) is 4.90 Å². The summed E-state index contributed by atoms with van der Waals surface area (Å²) in [6.45, 7) is 4.15. The first kappa shape index (κ1) is 11.5. The summed E-state index contributed by atoms with van der Waals surface area (Å²) in [5.41, 5.74) is 0.0413. The molecule has 4 aliphatic rings. The Kier molecular flexibility index (Phi) is 2.36. The van der Waals surface area contributed by atoms with Crippen molar-refractivity contribution in [3.05, 3.63) is 0 Å². The van der Waals surface area contributed by atoms with Crippen LogP contribution in [0.5, 0.6) is 0 Å². The van der Waals surface area contributed by atoms with E-state index in [1.807, 2.05) is 0 Å². The standard InChI is InChI=1S/C15H24N2/c1-14(2,10-16)17(3)15-7-11-4-12(8-15)6-13(5-11)9-15/h11-13H,4-9H2,1-3H3. The lowest BCUT2D eigenvalue weighted by atomic mass is 9.52. The van der Waals surface area contributed by atoms with Crippen LogP contribution in [0.3, 0.4) is 0 Å². The van der Waals surface area contributed by atoms with Gasteiger partial charge >= 0.3 is 0 Å². The molecule has 4 bridgehead atoms. The molecule has 0 N–H and O–H groups in total. The molecule has 0 amide bonds. The van der Waals surface area contributed by atoms with E-state index < -0.39 is 0 Å². The first-order chi connectivity index (χ1) is 7.95. The Labute approximate surface area is 105 Å². The predicted octanol–water partition coefficient (Wildman–Crippen LogP) is 3.19. The Morgan fingerprint density at radius 2 is 1.47 bits per heavy atom. The molecule has 0 heterocycles. The highest BCUT2D eigenvalue weighted by molar-refractivity contribution is 5.13. The Morgan fingerprint density at radius 3 is 1.82 bits per heavy atom. The highest BCUT2D eigenvalue weighted by Crippen LogP contribution is 2.58. The third kappa shape index (κ3) is 1.63. The summed E-state index contributed by atoms with van der Waals surface area (Å²) >= 11 is 0. The van der Waals surface area contributed by atoms with E-state index in [4.69, 9.17) is 0 Å². The fourth-order valence-electron chi connectivity index (χ4n) is 5.14. The van der Waals surface area contributed by atoms with Gasteiger partial charge < -0.3 is 0 Å².